The summed E-state index contributed by atoms with van der Waals surface area (Å²) in [6, 6.07) is 0. The molecule has 14 heavy (non-hydrogen) atoms. The third-order valence-electron chi connectivity index (χ3n) is 1.46. The number of halogens is 3. The van der Waals surface area contributed by atoms with Crippen LogP contribution in [0, 0.1) is 9.39 Å². The Morgan fingerprint density at radius 1 is 1.43 bits per heavy atom. The number of aromatic nitrogens is 4. The Balaban J connectivity index is 2.55. The first-order valence-corrected chi connectivity index (χ1v) is 5.01. The molecule has 72 valence electrons. The highest BCUT2D eigenvalue weighted by atomic mass is 127. The van der Waals surface area contributed by atoms with Gasteiger partial charge in [-0.1, -0.05) is 0 Å². The summed E-state index contributed by atoms with van der Waals surface area (Å²) in [5, 5.41) is 3.90. The van der Waals surface area contributed by atoms with Gasteiger partial charge in [-0.3, -0.25) is 0 Å². The number of hydrogen-bond acceptors (Lipinski definition) is 3. The summed E-state index contributed by atoms with van der Waals surface area (Å²) in [5.41, 5.74) is 0. The molecular formula is C7H3ClFIN4. The van der Waals surface area contributed by atoms with Crippen molar-refractivity contribution in [1.82, 2.24) is 19.7 Å². The Hall–Kier alpha value is -0.760. The smallest absolute Gasteiger partial charge is 0.223 e. The van der Waals surface area contributed by atoms with Crippen LogP contribution in [0.25, 0.3) is 5.82 Å². The second kappa shape index (κ2) is 3.77. The van der Waals surface area contributed by atoms with Gasteiger partial charge in [0.1, 0.15) is 0 Å². The minimum atomic E-state index is -0.561. The molecule has 2 rings (SSSR count). The van der Waals surface area contributed by atoms with Crippen LogP contribution in [0.15, 0.2) is 18.6 Å². The van der Waals surface area contributed by atoms with Crippen molar-refractivity contribution in [3.05, 3.63) is 33.3 Å². The lowest BCUT2D eigenvalue weighted by atomic mass is 10.5. The fourth-order valence-electron chi connectivity index (χ4n) is 0.915. The van der Waals surface area contributed by atoms with Crippen molar-refractivity contribution in [2.75, 3.05) is 0 Å². The molecule has 7 heteroatoms. The molecule has 0 bridgehead atoms. The molecule has 0 saturated carbocycles. The highest BCUT2D eigenvalue weighted by Gasteiger charge is 2.08. The summed E-state index contributed by atoms with van der Waals surface area (Å²) in [4.78, 5) is 7.24. The molecule has 0 atom stereocenters. The number of rotatable bonds is 1. The average Bonchev–Trinajstić information content (AvgIpc) is 2.56. The normalized spacial score (nSPS) is 10.5. The first kappa shape index (κ1) is 9.78. The maximum Gasteiger partial charge on any atom is 0.224 e. The molecule has 2 heterocycles. The molecule has 0 aromatic carbocycles. The van der Waals surface area contributed by atoms with Crippen molar-refractivity contribution in [2.45, 2.75) is 0 Å². The summed E-state index contributed by atoms with van der Waals surface area (Å²) in [7, 11) is 0. The van der Waals surface area contributed by atoms with E-state index in [1.807, 2.05) is 0 Å². The van der Waals surface area contributed by atoms with Gasteiger partial charge < -0.3 is 0 Å². The molecule has 0 saturated heterocycles. The highest BCUT2D eigenvalue weighted by Crippen LogP contribution is 2.12. The molecule has 0 radical (unpaired) electrons. The number of hydrogen-bond donors (Lipinski definition) is 0. The molecule has 0 aliphatic heterocycles. The van der Waals surface area contributed by atoms with Crippen LogP contribution in [-0.2, 0) is 0 Å². The monoisotopic (exact) mass is 324 g/mol. The molecule has 2 aromatic heterocycles. The predicted molar refractivity (Wildman–Crippen MR) is 56.8 cm³/mol. The first-order valence-electron chi connectivity index (χ1n) is 3.55. The Morgan fingerprint density at radius 2 is 2.21 bits per heavy atom. The van der Waals surface area contributed by atoms with Gasteiger partial charge in [0, 0.05) is 6.20 Å². The van der Waals surface area contributed by atoms with Gasteiger partial charge in [0.25, 0.3) is 0 Å². The molecule has 2 aromatic rings. The number of nitrogens with zero attached hydrogens (tertiary/aromatic N) is 4. The lowest BCUT2D eigenvalue weighted by Gasteiger charge is -2.00. The zero-order valence-electron chi connectivity index (χ0n) is 6.65. The topological polar surface area (TPSA) is 43.6 Å². The zero-order chi connectivity index (χ0) is 10.1. The van der Waals surface area contributed by atoms with Crippen LogP contribution in [0.2, 0.25) is 5.28 Å². The van der Waals surface area contributed by atoms with Gasteiger partial charge in [0.15, 0.2) is 11.6 Å². The fourth-order valence-corrected chi connectivity index (χ4v) is 1.43. The van der Waals surface area contributed by atoms with Crippen molar-refractivity contribution in [2.24, 2.45) is 0 Å². The highest BCUT2D eigenvalue weighted by molar-refractivity contribution is 14.1. The van der Waals surface area contributed by atoms with E-state index in [2.05, 4.69) is 37.7 Å². The van der Waals surface area contributed by atoms with Crippen LogP contribution in [0.1, 0.15) is 0 Å². The lowest BCUT2D eigenvalue weighted by molar-refractivity contribution is 0.592. The van der Waals surface area contributed by atoms with E-state index in [0.29, 0.717) is 0 Å². The third kappa shape index (κ3) is 1.85. The van der Waals surface area contributed by atoms with Crippen LogP contribution in [0.4, 0.5) is 4.39 Å². The molecule has 0 amide bonds. The van der Waals surface area contributed by atoms with Crippen LogP contribution in [-0.4, -0.2) is 19.7 Å². The van der Waals surface area contributed by atoms with Gasteiger partial charge in [-0.05, 0) is 34.2 Å². The van der Waals surface area contributed by atoms with Crippen LogP contribution in [0.5, 0.6) is 0 Å². The molecule has 0 spiro atoms. The van der Waals surface area contributed by atoms with E-state index < -0.39 is 5.82 Å². The standard InChI is InChI=1S/C7H3ClFIN4/c8-7-11-2-5(9)6(13-7)14-3-4(10)1-12-14/h1-3H. The zero-order valence-corrected chi connectivity index (χ0v) is 9.57. The summed E-state index contributed by atoms with van der Waals surface area (Å²) >= 11 is 7.61. The summed E-state index contributed by atoms with van der Waals surface area (Å²) in [5.74, 6) is -0.512. The average molecular weight is 324 g/mol. The van der Waals surface area contributed by atoms with Gasteiger partial charge in [-0.2, -0.15) is 10.1 Å². The van der Waals surface area contributed by atoms with Crippen molar-refractivity contribution >= 4 is 34.2 Å². The molecule has 0 aliphatic rings. The quantitative estimate of drug-likeness (QED) is 0.596. The summed E-state index contributed by atoms with van der Waals surface area (Å²) < 4.78 is 15.4. The van der Waals surface area contributed by atoms with Crippen LogP contribution < -0.4 is 0 Å². The molecule has 4 nitrogen and oxygen atoms in total. The van der Waals surface area contributed by atoms with Crippen LogP contribution in [0.3, 0.4) is 0 Å². The van der Waals surface area contributed by atoms with E-state index in [0.717, 1.165) is 9.77 Å². The Kier molecular flexibility index (Phi) is 2.64. The maximum absolute atomic E-state index is 13.2. The van der Waals surface area contributed by atoms with Gasteiger partial charge in [-0.15, -0.1) is 0 Å². The predicted octanol–water partition coefficient (Wildman–Crippen LogP) is 2.06. The molecular weight excluding hydrogens is 321 g/mol. The van der Waals surface area contributed by atoms with Gasteiger partial charge >= 0.3 is 0 Å². The van der Waals surface area contributed by atoms with Crippen molar-refractivity contribution in [3.63, 3.8) is 0 Å². The van der Waals surface area contributed by atoms with Gasteiger partial charge in [0.05, 0.1) is 16.0 Å². The van der Waals surface area contributed by atoms with E-state index in [1.165, 1.54) is 4.68 Å². The van der Waals surface area contributed by atoms with E-state index in [1.54, 1.807) is 12.4 Å². The molecule has 0 unspecified atom stereocenters. The molecule has 0 fully saturated rings. The van der Waals surface area contributed by atoms with Gasteiger partial charge in [0.2, 0.25) is 5.28 Å². The minimum absolute atomic E-state index is 0.00749. The second-order valence-corrected chi connectivity index (χ2v) is 4.00. The minimum Gasteiger partial charge on any atom is -0.223 e. The summed E-state index contributed by atoms with van der Waals surface area (Å²) in [6.07, 6.45) is 4.25. The van der Waals surface area contributed by atoms with Crippen LogP contribution >= 0.6 is 34.2 Å². The SMILES string of the molecule is Fc1cnc(Cl)nc1-n1cc(I)cn1. The molecule has 0 aliphatic carbocycles. The first-order chi connectivity index (χ1) is 6.66. The summed E-state index contributed by atoms with van der Waals surface area (Å²) in [6.45, 7) is 0. The third-order valence-corrected chi connectivity index (χ3v) is 2.20. The Bertz CT molecular complexity index is 472. The van der Waals surface area contributed by atoms with E-state index in [-0.39, 0.29) is 11.1 Å². The lowest BCUT2D eigenvalue weighted by Crippen LogP contribution is -2.02. The second-order valence-electron chi connectivity index (χ2n) is 2.41. The molecule has 0 N–H and O–H groups in total. The van der Waals surface area contributed by atoms with Gasteiger partial charge in [-0.25, -0.2) is 14.1 Å². The maximum atomic E-state index is 13.2. The van der Waals surface area contributed by atoms with E-state index in [4.69, 9.17) is 11.6 Å². The van der Waals surface area contributed by atoms with E-state index >= 15 is 0 Å². The van der Waals surface area contributed by atoms with Crippen molar-refractivity contribution in [3.8, 4) is 5.82 Å². The van der Waals surface area contributed by atoms with Crippen molar-refractivity contribution in [1.29, 1.82) is 0 Å². The van der Waals surface area contributed by atoms with Crippen molar-refractivity contribution < 1.29 is 4.39 Å². The Morgan fingerprint density at radius 3 is 2.86 bits per heavy atom. The van der Waals surface area contributed by atoms with E-state index in [9.17, 15) is 4.39 Å². The fraction of sp³-hybridized carbons (Fsp3) is 0. The Labute approximate surface area is 97.3 Å². The largest absolute Gasteiger partial charge is 0.224 e.